The second kappa shape index (κ2) is 8.22. The third-order valence-electron chi connectivity index (χ3n) is 4.47. The molecule has 1 amide bonds. The highest BCUT2D eigenvalue weighted by Gasteiger charge is 2.29. The highest BCUT2D eigenvalue weighted by Crippen LogP contribution is 2.22. The van der Waals surface area contributed by atoms with E-state index in [-0.39, 0.29) is 11.9 Å². The Hall–Kier alpha value is -2.25. The average molecular weight is 343 g/mol. The molecule has 1 N–H and O–H groups in total. The molecule has 2 aromatic rings. The summed E-state index contributed by atoms with van der Waals surface area (Å²) in [4.78, 5) is 21.6. The molecule has 2 heterocycles. The maximum atomic E-state index is 12.9. The Morgan fingerprint density at radius 1 is 1.24 bits per heavy atom. The summed E-state index contributed by atoms with van der Waals surface area (Å²) >= 11 is 0. The summed E-state index contributed by atoms with van der Waals surface area (Å²) in [5.41, 5.74) is 1.03. The van der Waals surface area contributed by atoms with Crippen LogP contribution in [0.4, 0.5) is 0 Å². The number of carbonyl (C=O) groups is 1. The third kappa shape index (κ3) is 4.64. The van der Waals surface area contributed by atoms with Gasteiger partial charge in [0.15, 0.2) is 5.82 Å². The fourth-order valence-electron chi connectivity index (χ4n) is 3.07. The van der Waals surface area contributed by atoms with E-state index in [9.17, 15) is 4.79 Å². The smallest absolute Gasteiger partial charge is 0.241 e. The Bertz CT molecular complexity index is 680. The molecule has 1 aliphatic heterocycles. The van der Waals surface area contributed by atoms with Crippen LogP contribution in [0.1, 0.15) is 23.3 Å². The van der Waals surface area contributed by atoms with Crippen molar-refractivity contribution in [1.29, 1.82) is 0 Å². The molecule has 25 heavy (non-hydrogen) atoms. The van der Waals surface area contributed by atoms with E-state index in [0.29, 0.717) is 24.7 Å². The highest BCUT2D eigenvalue weighted by molar-refractivity contribution is 5.83. The lowest BCUT2D eigenvalue weighted by molar-refractivity contribution is -0.127. The van der Waals surface area contributed by atoms with Crippen LogP contribution in [0.3, 0.4) is 0 Å². The Morgan fingerprint density at radius 3 is 2.60 bits per heavy atom. The lowest BCUT2D eigenvalue weighted by Crippen LogP contribution is -2.50. The first-order chi connectivity index (χ1) is 12.1. The van der Waals surface area contributed by atoms with Crippen molar-refractivity contribution in [3.8, 4) is 0 Å². The first-order valence-electron chi connectivity index (χ1n) is 8.68. The van der Waals surface area contributed by atoms with Gasteiger partial charge >= 0.3 is 0 Å². The van der Waals surface area contributed by atoms with Gasteiger partial charge in [0.05, 0.1) is 0 Å². The number of hydrogen-bond donors (Lipinski definition) is 1. The summed E-state index contributed by atoms with van der Waals surface area (Å²) in [5.74, 6) is 1.18. The largest absolute Gasteiger partial charge is 0.354 e. The predicted octanol–water partition coefficient (Wildman–Crippen LogP) is 1.03. The number of aromatic nitrogens is 2. The van der Waals surface area contributed by atoms with E-state index >= 15 is 0 Å². The molecule has 1 fully saturated rings. The van der Waals surface area contributed by atoms with Crippen LogP contribution in [0.15, 0.2) is 34.9 Å². The summed E-state index contributed by atoms with van der Waals surface area (Å²) in [6, 6.07) is 9.70. The van der Waals surface area contributed by atoms with Gasteiger partial charge in [-0.15, -0.1) is 0 Å². The molecule has 0 aliphatic carbocycles. The Balaban J connectivity index is 1.64. The second-order valence-corrected chi connectivity index (χ2v) is 6.43. The van der Waals surface area contributed by atoms with Crippen LogP contribution >= 0.6 is 0 Å². The molecule has 1 saturated heterocycles. The van der Waals surface area contributed by atoms with Crippen LogP contribution in [0.25, 0.3) is 0 Å². The number of benzene rings is 1. The van der Waals surface area contributed by atoms with Crippen LogP contribution in [0, 0.1) is 6.92 Å². The van der Waals surface area contributed by atoms with Crippen molar-refractivity contribution in [3.05, 3.63) is 47.6 Å². The van der Waals surface area contributed by atoms with Gasteiger partial charge < -0.3 is 14.7 Å². The van der Waals surface area contributed by atoms with Crippen molar-refractivity contribution >= 4 is 5.91 Å². The highest BCUT2D eigenvalue weighted by atomic mass is 16.5. The minimum Gasteiger partial charge on any atom is -0.354 e. The molecule has 1 aliphatic rings. The Morgan fingerprint density at radius 2 is 1.96 bits per heavy atom. The zero-order chi connectivity index (χ0) is 17.6. The Kier molecular flexibility index (Phi) is 5.78. The second-order valence-electron chi connectivity index (χ2n) is 6.43. The number of nitrogens with zero attached hydrogens (tertiary/aromatic N) is 4. The maximum absolute atomic E-state index is 12.9. The van der Waals surface area contributed by atoms with Gasteiger partial charge in [-0.3, -0.25) is 9.69 Å². The molecule has 0 spiro atoms. The molecule has 1 atom stereocenters. The molecule has 0 bridgehead atoms. The van der Waals surface area contributed by atoms with Gasteiger partial charge in [-0.05, 0) is 19.5 Å². The van der Waals surface area contributed by atoms with Gasteiger partial charge in [-0.2, -0.15) is 4.98 Å². The van der Waals surface area contributed by atoms with Crippen LogP contribution < -0.4 is 5.32 Å². The van der Waals surface area contributed by atoms with Crippen molar-refractivity contribution in [2.45, 2.75) is 19.4 Å². The van der Waals surface area contributed by atoms with E-state index in [1.807, 2.05) is 30.3 Å². The van der Waals surface area contributed by atoms with Gasteiger partial charge in [0.25, 0.3) is 0 Å². The summed E-state index contributed by atoms with van der Waals surface area (Å²) in [6.45, 7) is 5.97. The monoisotopic (exact) mass is 343 g/mol. The van der Waals surface area contributed by atoms with Crippen LogP contribution in [-0.2, 0) is 11.2 Å². The molecule has 3 rings (SSSR count). The molecule has 0 radical (unpaired) electrons. The molecular formula is C18H25N5O2. The first-order valence-corrected chi connectivity index (χ1v) is 8.68. The van der Waals surface area contributed by atoms with Gasteiger partial charge in [0.1, 0.15) is 6.04 Å². The molecular weight excluding hydrogens is 318 g/mol. The van der Waals surface area contributed by atoms with E-state index in [0.717, 1.165) is 31.7 Å². The normalized spacial score (nSPS) is 17.4. The fraction of sp³-hybridized carbons (Fsp3) is 0.500. The predicted molar refractivity (Wildman–Crippen MR) is 94.0 cm³/mol. The summed E-state index contributed by atoms with van der Waals surface area (Å²) in [6.07, 6.45) is 0.539. The van der Waals surface area contributed by atoms with Gasteiger partial charge in [0.2, 0.25) is 11.8 Å². The number of rotatable bonds is 6. The molecule has 0 saturated carbocycles. The number of amides is 1. The number of carbonyl (C=O) groups excluding carboxylic acids is 1. The van der Waals surface area contributed by atoms with E-state index in [2.05, 4.69) is 32.3 Å². The minimum atomic E-state index is -0.265. The van der Waals surface area contributed by atoms with Crippen LogP contribution in [0.2, 0.25) is 0 Å². The fourth-order valence-corrected chi connectivity index (χ4v) is 3.07. The van der Waals surface area contributed by atoms with Gasteiger partial charge in [-0.25, -0.2) is 0 Å². The number of nitrogens with one attached hydrogen (secondary N) is 1. The van der Waals surface area contributed by atoms with Crippen molar-refractivity contribution in [3.63, 3.8) is 0 Å². The van der Waals surface area contributed by atoms with Gasteiger partial charge in [0, 0.05) is 39.1 Å². The number of hydrogen-bond acceptors (Lipinski definition) is 6. The lowest BCUT2D eigenvalue weighted by atomic mass is 10.0. The molecule has 7 nitrogen and oxygen atoms in total. The molecule has 1 aromatic carbocycles. The van der Waals surface area contributed by atoms with Gasteiger partial charge in [-0.1, -0.05) is 35.5 Å². The van der Waals surface area contributed by atoms with Crippen molar-refractivity contribution in [1.82, 2.24) is 25.3 Å². The first kappa shape index (κ1) is 17.6. The molecule has 7 heteroatoms. The zero-order valence-corrected chi connectivity index (χ0v) is 14.8. The maximum Gasteiger partial charge on any atom is 0.241 e. The zero-order valence-electron chi connectivity index (χ0n) is 14.8. The van der Waals surface area contributed by atoms with E-state index < -0.39 is 0 Å². The summed E-state index contributed by atoms with van der Waals surface area (Å²) < 4.78 is 5.09. The summed E-state index contributed by atoms with van der Waals surface area (Å²) in [7, 11) is 2.11. The van der Waals surface area contributed by atoms with Crippen molar-refractivity contribution in [2.75, 3.05) is 39.8 Å². The van der Waals surface area contributed by atoms with Crippen LogP contribution in [-0.4, -0.2) is 65.6 Å². The number of piperazine rings is 1. The SMILES string of the molecule is Cc1noc(CCNC(=O)C(c2ccccc2)N2CCN(C)CC2)n1. The van der Waals surface area contributed by atoms with Crippen molar-refractivity contribution in [2.24, 2.45) is 0 Å². The molecule has 134 valence electrons. The summed E-state index contributed by atoms with van der Waals surface area (Å²) in [5, 5.41) is 6.79. The number of aryl methyl sites for hydroxylation is 1. The lowest BCUT2D eigenvalue weighted by Gasteiger charge is -2.37. The van der Waals surface area contributed by atoms with Crippen molar-refractivity contribution < 1.29 is 9.32 Å². The standard InChI is InChI=1S/C18H25N5O2/c1-14-20-16(25-21-14)8-9-19-18(24)17(15-6-4-3-5-7-15)23-12-10-22(2)11-13-23/h3-7,17H,8-13H2,1-2H3,(H,19,24). The number of likely N-dealkylation sites (N-methyl/N-ethyl adjacent to an activating group) is 1. The Labute approximate surface area is 148 Å². The van der Waals surface area contributed by atoms with E-state index in [1.54, 1.807) is 6.92 Å². The third-order valence-corrected chi connectivity index (χ3v) is 4.47. The van der Waals surface area contributed by atoms with E-state index in [4.69, 9.17) is 4.52 Å². The quantitative estimate of drug-likeness (QED) is 0.844. The molecule has 1 unspecified atom stereocenters. The van der Waals surface area contributed by atoms with E-state index in [1.165, 1.54) is 0 Å². The molecule has 1 aromatic heterocycles. The minimum absolute atomic E-state index is 0.0204. The van der Waals surface area contributed by atoms with Crippen LogP contribution in [0.5, 0.6) is 0 Å². The topological polar surface area (TPSA) is 74.5 Å². The average Bonchev–Trinajstić information content (AvgIpc) is 3.03.